The van der Waals surface area contributed by atoms with E-state index in [1.807, 2.05) is 6.92 Å². The third-order valence-electron chi connectivity index (χ3n) is 2.61. The highest BCUT2D eigenvalue weighted by atomic mass is 16.7. The van der Waals surface area contributed by atoms with Crippen LogP contribution in [0.1, 0.15) is 19.8 Å². The van der Waals surface area contributed by atoms with Crippen LogP contribution in [-0.2, 0) is 19.2 Å². The molecule has 1 aliphatic rings. The van der Waals surface area contributed by atoms with E-state index in [0.29, 0.717) is 6.54 Å². The Morgan fingerprint density at radius 3 is 2.33 bits per heavy atom. The van der Waals surface area contributed by atoms with Gasteiger partial charge in [-0.05, 0) is 6.42 Å². The van der Waals surface area contributed by atoms with Gasteiger partial charge < -0.3 is 14.6 Å². The maximum Gasteiger partial charge on any atom is 0.328 e. The molecule has 8 heteroatoms. The fraction of sp³-hybridized carbons (Fsp3) is 0.700. The topological polar surface area (TPSA) is 105 Å². The van der Waals surface area contributed by atoms with Crippen molar-refractivity contribution in [1.29, 1.82) is 0 Å². The maximum atomic E-state index is 11.7. The van der Waals surface area contributed by atoms with Gasteiger partial charge in [-0.3, -0.25) is 14.4 Å². The Balaban J connectivity index is 2.42. The summed E-state index contributed by atoms with van der Waals surface area (Å²) in [7, 11) is 0. The molecule has 0 radical (unpaired) electrons. The predicted octanol–water partition coefficient (Wildman–Crippen LogP) is -1.62. The van der Waals surface area contributed by atoms with Gasteiger partial charge in [0, 0.05) is 13.1 Å². The van der Waals surface area contributed by atoms with Gasteiger partial charge in [0.25, 0.3) is 0 Å². The van der Waals surface area contributed by atoms with Crippen molar-refractivity contribution in [3.8, 4) is 0 Å². The number of carbonyl (C=O) groups is 3. The third-order valence-corrected chi connectivity index (χ3v) is 2.61. The molecule has 102 valence electrons. The van der Waals surface area contributed by atoms with Gasteiger partial charge >= 0.3 is 5.97 Å². The number of hydrogen-bond acceptors (Lipinski definition) is 6. The second-order valence-corrected chi connectivity index (χ2v) is 3.97. The van der Waals surface area contributed by atoms with Crippen molar-refractivity contribution >= 4 is 17.8 Å². The lowest BCUT2D eigenvalue weighted by Gasteiger charge is -2.33. The quantitative estimate of drug-likeness (QED) is 0.438. The third kappa shape index (κ3) is 3.97. The monoisotopic (exact) mass is 258 g/mol. The van der Waals surface area contributed by atoms with Crippen molar-refractivity contribution in [3.63, 3.8) is 0 Å². The Kier molecular flexibility index (Phi) is 5.53. The van der Waals surface area contributed by atoms with Crippen molar-refractivity contribution in [2.75, 3.05) is 26.2 Å². The first kappa shape index (κ1) is 14.4. The number of nitrogens with one attached hydrogen (secondary N) is 1. The summed E-state index contributed by atoms with van der Waals surface area (Å²) in [5, 5.41) is 0. The molecule has 0 aromatic heterocycles. The molecule has 0 aromatic rings. The van der Waals surface area contributed by atoms with E-state index in [1.54, 1.807) is 5.59 Å². The number of amides is 2. The lowest BCUT2D eigenvalue weighted by atomic mass is 10.2. The van der Waals surface area contributed by atoms with E-state index in [-0.39, 0.29) is 37.9 Å². The molecule has 2 amide bonds. The highest BCUT2D eigenvalue weighted by Gasteiger charge is 2.29. The molecule has 18 heavy (non-hydrogen) atoms. The molecule has 0 aliphatic carbocycles. The normalized spacial score (nSPS) is 16.1. The van der Waals surface area contributed by atoms with E-state index in [9.17, 15) is 14.4 Å². The largest absolute Gasteiger partial charge is 0.356 e. The summed E-state index contributed by atoms with van der Waals surface area (Å²) >= 11 is 0. The van der Waals surface area contributed by atoms with E-state index in [1.165, 1.54) is 9.80 Å². The van der Waals surface area contributed by atoms with Crippen LogP contribution in [0.15, 0.2) is 0 Å². The zero-order valence-corrected chi connectivity index (χ0v) is 10.3. The smallest absolute Gasteiger partial charge is 0.328 e. The lowest BCUT2D eigenvalue weighted by molar-refractivity contribution is -0.155. The number of nitrogens with two attached hydrogens (primary N) is 1. The van der Waals surface area contributed by atoms with Crippen molar-refractivity contribution in [1.82, 2.24) is 15.4 Å². The van der Waals surface area contributed by atoms with Gasteiger partial charge in [-0.2, -0.15) is 0 Å². The minimum Gasteiger partial charge on any atom is -0.356 e. The van der Waals surface area contributed by atoms with Gasteiger partial charge in [0.2, 0.25) is 11.8 Å². The van der Waals surface area contributed by atoms with Crippen molar-refractivity contribution in [2.45, 2.75) is 19.8 Å². The Labute approximate surface area is 105 Å². The number of piperazine rings is 1. The first-order valence-corrected chi connectivity index (χ1v) is 5.79. The number of hydrazine groups is 1. The molecule has 1 fully saturated rings. The Hall–Kier alpha value is -1.67. The van der Waals surface area contributed by atoms with Gasteiger partial charge in [0.05, 0.1) is 19.5 Å². The van der Waals surface area contributed by atoms with Crippen LogP contribution in [-0.4, -0.2) is 53.8 Å². The summed E-state index contributed by atoms with van der Waals surface area (Å²) in [5.74, 6) is 3.98. The lowest BCUT2D eigenvalue weighted by Crippen LogP contribution is -2.54. The molecule has 1 aliphatic heterocycles. The minimum atomic E-state index is -0.575. The van der Waals surface area contributed by atoms with Crippen LogP contribution in [0, 0.1) is 0 Å². The molecule has 1 heterocycles. The molecule has 0 saturated carbocycles. The van der Waals surface area contributed by atoms with E-state index in [4.69, 9.17) is 5.84 Å². The molecule has 1 rings (SSSR count). The molecule has 1 saturated heterocycles. The van der Waals surface area contributed by atoms with Crippen molar-refractivity contribution in [3.05, 3.63) is 0 Å². The first-order chi connectivity index (χ1) is 8.58. The van der Waals surface area contributed by atoms with Crippen LogP contribution >= 0.6 is 0 Å². The van der Waals surface area contributed by atoms with Crippen LogP contribution in [0.4, 0.5) is 0 Å². The SMILES string of the molecule is CCCN1CC(=O)N(CCC(=O)ONN)CC1=O. The van der Waals surface area contributed by atoms with Gasteiger partial charge in [0.1, 0.15) is 0 Å². The van der Waals surface area contributed by atoms with Gasteiger partial charge in [-0.15, -0.1) is 0 Å². The van der Waals surface area contributed by atoms with Gasteiger partial charge in [0.15, 0.2) is 0 Å². The zero-order chi connectivity index (χ0) is 13.5. The summed E-state index contributed by atoms with van der Waals surface area (Å²) in [5.41, 5.74) is 1.77. The van der Waals surface area contributed by atoms with Crippen LogP contribution in [0.5, 0.6) is 0 Å². The fourth-order valence-corrected chi connectivity index (χ4v) is 1.72. The van der Waals surface area contributed by atoms with Crippen LogP contribution < -0.4 is 11.4 Å². The van der Waals surface area contributed by atoms with Gasteiger partial charge in [-0.1, -0.05) is 12.5 Å². The summed E-state index contributed by atoms with van der Waals surface area (Å²) in [4.78, 5) is 41.7. The van der Waals surface area contributed by atoms with E-state index in [2.05, 4.69) is 4.84 Å². The Bertz CT molecular complexity index is 334. The molecular weight excluding hydrogens is 240 g/mol. The average molecular weight is 258 g/mol. The molecule has 0 atom stereocenters. The van der Waals surface area contributed by atoms with E-state index < -0.39 is 5.97 Å². The Morgan fingerprint density at radius 2 is 1.83 bits per heavy atom. The van der Waals surface area contributed by atoms with Crippen molar-refractivity contribution in [2.24, 2.45) is 5.84 Å². The number of hydrogen-bond donors (Lipinski definition) is 2. The summed E-state index contributed by atoms with van der Waals surface area (Å²) in [6.07, 6.45) is 0.810. The first-order valence-electron chi connectivity index (χ1n) is 5.79. The number of rotatable bonds is 6. The molecule has 0 aromatic carbocycles. The highest BCUT2D eigenvalue weighted by molar-refractivity contribution is 5.92. The molecule has 0 bridgehead atoms. The Morgan fingerprint density at radius 1 is 1.28 bits per heavy atom. The summed E-state index contributed by atoms with van der Waals surface area (Å²) in [6, 6.07) is 0. The summed E-state index contributed by atoms with van der Waals surface area (Å²) in [6.45, 7) is 2.78. The highest BCUT2D eigenvalue weighted by Crippen LogP contribution is 2.06. The summed E-state index contributed by atoms with van der Waals surface area (Å²) < 4.78 is 0. The predicted molar refractivity (Wildman–Crippen MR) is 61.5 cm³/mol. The van der Waals surface area contributed by atoms with Crippen LogP contribution in [0.2, 0.25) is 0 Å². The molecule has 3 N–H and O–H groups in total. The standard InChI is InChI=1S/C10H18N4O4/c1-2-4-13-6-9(16)14(7-8(13)15)5-3-10(17)18-12-11/h12H,2-7,11H2,1H3. The second kappa shape index (κ2) is 6.92. The molecular formula is C10H18N4O4. The number of carbonyl (C=O) groups excluding carboxylic acids is 3. The van der Waals surface area contributed by atoms with E-state index >= 15 is 0 Å². The van der Waals surface area contributed by atoms with Gasteiger partial charge in [-0.25, -0.2) is 5.84 Å². The van der Waals surface area contributed by atoms with Crippen molar-refractivity contribution < 1.29 is 19.2 Å². The zero-order valence-electron chi connectivity index (χ0n) is 10.3. The fourth-order valence-electron chi connectivity index (χ4n) is 1.72. The van der Waals surface area contributed by atoms with Crippen LogP contribution in [0.25, 0.3) is 0 Å². The maximum absolute atomic E-state index is 11.7. The minimum absolute atomic E-state index is 0.00298. The number of nitrogens with zero attached hydrogens (tertiary/aromatic N) is 2. The second-order valence-electron chi connectivity index (χ2n) is 3.97. The molecule has 8 nitrogen and oxygen atoms in total. The van der Waals surface area contributed by atoms with E-state index in [0.717, 1.165) is 6.42 Å². The molecule has 0 spiro atoms. The molecule has 0 unspecified atom stereocenters. The average Bonchev–Trinajstić information content (AvgIpc) is 2.32. The van der Waals surface area contributed by atoms with Crippen LogP contribution in [0.3, 0.4) is 0 Å².